The van der Waals surface area contributed by atoms with Gasteiger partial charge in [0, 0.05) is 12.8 Å². The van der Waals surface area contributed by atoms with Gasteiger partial charge in [0.25, 0.3) is 0 Å². The SMILES string of the molecule is CC/C=C\C/C=C\C/C=C\C/C=C\C/C=C\C=C/C(O)CCC(=O)OC[C@H](COP(=O)(O)OC[C@@H](O)CO)OC(=O)CCCCCCCCCCCCC(C)CC. The van der Waals surface area contributed by atoms with E-state index in [2.05, 4.69) is 73.9 Å². The summed E-state index contributed by atoms with van der Waals surface area (Å²) in [4.78, 5) is 35.0. The summed E-state index contributed by atoms with van der Waals surface area (Å²) in [5.41, 5.74) is 0. The van der Waals surface area contributed by atoms with E-state index in [0.717, 1.165) is 57.3 Å². The van der Waals surface area contributed by atoms with Crippen LogP contribution in [0.3, 0.4) is 0 Å². The molecule has 5 atom stereocenters. The minimum absolute atomic E-state index is 0.103. The van der Waals surface area contributed by atoms with Crippen LogP contribution in [0, 0.1) is 5.92 Å². The zero-order valence-corrected chi connectivity index (χ0v) is 36.2. The van der Waals surface area contributed by atoms with Crippen LogP contribution in [-0.4, -0.2) is 76.9 Å². The van der Waals surface area contributed by atoms with Crippen molar-refractivity contribution in [1.29, 1.82) is 0 Å². The summed E-state index contributed by atoms with van der Waals surface area (Å²) in [5.74, 6) is -0.390. The highest BCUT2D eigenvalue weighted by molar-refractivity contribution is 7.47. The van der Waals surface area contributed by atoms with Crippen LogP contribution in [0.1, 0.15) is 149 Å². The van der Waals surface area contributed by atoms with Crippen molar-refractivity contribution >= 4 is 19.8 Å². The highest BCUT2D eigenvalue weighted by Gasteiger charge is 2.27. The number of hydrogen-bond acceptors (Lipinski definition) is 10. The normalized spacial score (nSPS) is 15.7. The molecule has 0 radical (unpaired) electrons. The number of aliphatic hydroxyl groups excluding tert-OH is 3. The molecule has 0 aromatic rings. The van der Waals surface area contributed by atoms with Crippen LogP contribution >= 0.6 is 7.82 Å². The highest BCUT2D eigenvalue weighted by Crippen LogP contribution is 2.43. The van der Waals surface area contributed by atoms with E-state index in [4.69, 9.17) is 19.1 Å². The molecule has 11 nitrogen and oxygen atoms in total. The second-order valence-corrected chi connectivity index (χ2v) is 15.9. The number of hydrogen-bond donors (Lipinski definition) is 4. The number of rotatable bonds is 38. The molecule has 4 N–H and O–H groups in total. The molecule has 0 spiro atoms. The lowest BCUT2D eigenvalue weighted by molar-refractivity contribution is -0.161. The number of aliphatic hydroxyl groups is 3. The van der Waals surface area contributed by atoms with Gasteiger partial charge in [-0.15, -0.1) is 0 Å². The van der Waals surface area contributed by atoms with Gasteiger partial charge in [-0.05, 0) is 50.9 Å². The van der Waals surface area contributed by atoms with Gasteiger partial charge in [-0.3, -0.25) is 18.6 Å². The van der Waals surface area contributed by atoms with Crippen molar-refractivity contribution in [1.82, 2.24) is 0 Å². The molecule has 0 rings (SSSR count). The molecule has 0 aliphatic carbocycles. The monoisotopic (exact) mass is 825 g/mol. The van der Waals surface area contributed by atoms with Crippen LogP contribution in [-0.2, 0) is 32.7 Å². The molecule has 0 aliphatic heterocycles. The van der Waals surface area contributed by atoms with Gasteiger partial charge in [0.05, 0.1) is 25.9 Å². The van der Waals surface area contributed by atoms with Gasteiger partial charge < -0.3 is 29.7 Å². The van der Waals surface area contributed by atoms with Crippen molar-refractivity contribution in [3.63, 3.8) is 0 Å². The lowest BCUT2D eigenvalue weighted by Gasteiger charge is -2.20. The summed E-state index contributed by atoms with van der Waals surface area (Å²) in [6, 6.07) is 0. The standard InChI is InChI=1S/C45H77O11P/c1-4-6-7-8-9-10-11-12-13-14-15-16-20-23-26-29-32-41(47)34-35-44(49)53-38-43(39-55-57(51,52)54-37-42(48)36-46)56-45(50)33-30-27-24-21-18-17-19-22-25-28-31-40(3)5-2/h6-7,9-10,12-13,15-16,23,26,29,32,40-43,46-48H,4-5,8,11,14,17-22,24-25,27-28,30-31,33-39H2,1-3H3,(H,51,52)/b7-6-,10-9-,13-12-,16-15-,26-23-,32-29-/t40?,41?,42-,43+/m0/s1. The Morgan fingerprint density at radius 2 is 1.16 bits per heavy atom. The number of carbonyl (C=O) groups excluding carboxylic acids is 2. The number of phosphoric ester groups is 1. The predicted molar refractivity (Wildman–Crippen MR) is 229 cm³/mol. The molecule has 12 heteroatoms. The van der Waals surface area contributed by atoms with Crippen LogP contribution < -0.4 is 0 Å². The van der Waals surface area contributed by atoms with Gasteiger partial charge in [-0.1, -0.05) is 164 Å². The van der Waals surface area contributed by atoms with E-state index in [9.17, 15) is 29.3 Å². The predicted octanol–water partition coefficient (Wildman–Crippen LogP) is 10.1. The van der Waals surface area contributed by atoms with Gasteiger partial charge in [0.1, 0.15) is 12.7 Å². The maximum Gasteiger partial charge on any atom is 0.472 e. The Bertz CT molecular complexity index is 1210. The van der Waals surface area contributed by atoms with E-state index in [1.807, 2.05) is 12.2 Å². The van der Waals surface area contributed by atoms with Crippen LogP contribution in [0.25, 0.3) is 0 Å². The van der Waals surface area contributed by atoms with Crippen LogP contribution in [0.4, 0.5) is 0 Å². The van der Waals surface area contributed by atoms with E-state index in [-0.39, 0.29) is 19.3 Å². The van der Waals surface area contributed by atoms with Crippen molar-refractivity contribution in [3.8, 4) is 0 Å². The van der Waals surface area contributed by atoms with Crippen molar-refractivity contribution in [2.75, 3.05) is 26.4 Å². The molecule has 57 heavy (non-hydrogen) atoms. The summed E-state index contributed by atoms with van der Waals surface area (Å²) in [6.07, 6.45) is 39.2. The first kappa shape index (κ1) is 54.4. The maximum absolute atomic E-state index is 12.6. The number of allylic oxidation sites excluding steroid dienone is 11. The summed E-state index contributed by atoms with van der Waals surface area (Å²) in [5, 5.41) is 28.6. The molecule has 0 heterocycles. The van der Waals surface area contributed by atoms with Gasteiger partial charge in [0.15, 0.2) is 6.10 Å². The highest BCUT2D eigenvalue weighted by atomic mass is 31.2. The molecule has 3 unspecified atom stereocenters. The molecule has 328 valence electrons. The van der Waals surface area contributed by atoms with Gasteiger partial charge in [-0.25, -0.2) is 4.57 Å². The van der Waals surface area contributed by atoms with Gasteiger partial charge in [0.2, 0.25) is 0 Å². The van der Waals surface area contributed by atoms with Crippen molar-refractivity contribution in [3.05, 3.63) is 72.9 Å². The maximum atomic E-state index is 12.6. The topological polar surface area (TPSA) is 169 Å². The Balaban J connectivity index is 4.55. The van der Waals surface area contributed by atoms with Crippen molar-refractivity contribution < 1.29 is 52.9 Å². The molecule has 0 saturated carbocycles. The first-order chi connectivity index (χ1) is 27.5. The largest absolute Gasteiger partial charge is 0.472 e. The molecule has 0 aromatic carbocycles. The quantitative estimate of drug-likeness (QED) is 0.0154. The Kier molecular flexibility index (Phi) is 37.1. The third kappa shape index (κ3) is 38.6. The lowest BCUT2D eigenvalue weighted by Crippen LogP contribution is -2.30. The Morgan fingerprint density at radius 3 is 1.72 bits per heavy atom. The van der Waals surface area contributed by atoms with E-state index in [1.165, 1.54) is 51.4 Å². The van der Waals surface area contributed by atoms with E-state index in [1.54, 1.807) is 12.2 Å². The molecule has 0 fully saturated rings. The van der Waals surface area contributed by atoms with Gasteiger partial charge in [-0.2, -0.15) is 0 Å². The fourth-order valence-corrected chi connectivity index (χ4v) is 6.10. The lowest BCUT2D eigenvalue weighted by atomic mass is 9.99. The minimum Gasteiger partial charge on any atom is -0.462 e. The number of carbonyl (C=O) groups is 2. The Labute approximate surface area is 344 Å². The second-order valence-electron chi connectivity index (χ2n) is 14.4. The zero-order valence-electron chi connectivity index (χ0n) is 35.3. The third-order valence-electron chi connectivity index (χ3n) is 9.03. The van der Waals surface area contributed by atoms with E-state index in [0.29, 0.717) is 6.42 Å². The second kappa shape index (κ2) is 38.9. The Hall–Kier alpha value is -2.63. The average Bonchev–Trinajstić information content (AvgIpc) is 3.20. The molecular weight excluding hydrogens is 747 g/mol. The molecule has 0 aliphatic rings. The number of phosphoric acid groups is 1. The zero-order chi connectivity index (χ0) is 42.2. The van der Waals surface area contributed by atoms with Crippen LogP contribution in [0.15, 0.2) is 72.9 Å². The summed E-state index contributed by atoms with van der Waals surface area (Å²) in [6.45, 7) is 4.30. The summed E-state index contributed by atoms with van der Waals surface area (Å²) in [7, 11) is -4.68. The smallest absolute Gasteiger partial charge is 0.462 e. The molecule has 0 aromatic heterocycles. The minimum atomic E-state index is -4.68. The number of esters is 2. The van der Waals surface area contributed by atoms with Crippen molar-refractivity contribution in [2.24, 2.45) is 5.92 Å². The first-order valence-corrected chi connectivity index (χ1v) is 22.9. The fourth-order valence-electron chi connectivity index (χ4n) is 5.31. The van der Waals surface area contributed by atoms with Gasteiger partial charge >= 0.3 is 19.8 Å². The molecule has 0 amide bonds. The molecule has 0 saturated heterocycles. The first-order valence-electron chi connectivity index (χ1n) is 21.4. The summed E-state index contributed by atoms with van der Waals surface area (Å²) < 4.78 is 32.5. The van der Waals surface area contributed by atoms with Crippen LogP contribution in [0.5, 0.6) is 0 Å². The van der Waals surface area contributed by atoms with Crippen molar-refractivity contribution in [2.45, 2.75) is 167 Å². The molecule has 0 bridgehead atoms. The summed E-state index contributed by atoms with van der Waals surface area (Å²) >= 11 is 0. The number of ether oxygens (including phenoxy) is 2. The Morgan fingerprint density at radius 1 is 0.632 bits per heavy atom. The third-order valence-corrected chi connectivity index (χ3v) is 9.98. The van der Waals surface area contributed by atoms with Crippen LogP contribution in [0.2, 0.25) is 0 Å². The molecular formula is C45H77O11P. The average molecular weight is 825 g/mol. The fraction of sp³-hybridized carbons (Fsp3) is 0.689. The van der Waals surface area contributed by atoms with E-state index < -0.39 is 64.5 Å². The van der Waals surface area contributed by atoms with E-state index >= 15 is 0 Å². The number of unbranched alkanes of at least 4 members (excludes halogenated alkanes) is 9.